The summed E-state index contributed by atoms with van der Waals surface area (Å²) in [6, 6.07) is 10.2. The van der Waals surface area contributed by atoms with Crippen LogP contribution >= 0.6 is 0 Å². The summed E-state index contributed by atoms with van der Waals surface area (Å²) < 4.78 is 0. The second-order valence-electron chi connectivity index (χ2n) is 5.19. The molecular weight excluding hydrogens is 210 g/mol. The van der Waals surface area contributed by atoms with E-state index in [2.05, 4.69) is 38.4 Å². The normalized spacial score (nSPS) is 12.9. The lowest BCUT2D eigenvalue weighted by Crippen LogP contribution is -2.18. The van der Waals surface area contributed by atoms with Gasteiger partial charge in [-0.1, -0.05) is 51.1 Å². The van der Waals surface area contributed by atoms with Crippen LogP contribution in [0.2, 0.25) is 0 Å². The molecule has 1 unspecified atom stereocenters. The van der Waals surface area contributed by atoms with Crippen molar-refractivity contribution < 1.29 is 4.84 Å². The van der Waals surface area contributed by atoms with Crippen LogP contribution in [0, 0.1) is 11.8 Å². The Hall–Kier alpha value is -0.860. The second kappa shape index (κ2) is 8.26. The molecule has 1 N–H and O–H groups in total. The Morgan fingerprint density at radius 1 is 1.12 bits per heavy atom. The fourth-order valence-electron chi connectivity index (χ4n) is 2.01. The summed E-state index contributed by atoms with van der Waals surface area (Å²) in [6.45, 7) is 8.42. The van der Waals surface area contributed by atoms with Crippen LogP contribution in [-0.4, -0.2) is 6.54 Å². The van der Waals surface area contributed by atoms with Gasteiger partial charge in [-0.05, 0) is 30.2 Å². The molecule has 0 aliphatic carbocycles. The molecule has 1 rings (SSSR count). The third-order valence-corrected chi connectivity index (χ3v) is 2.80. The molecule has 0 spiro atoms. The van der Waals surface area contributed by atoms with Gasteiger partial charge in [0.05, 0.1) is 6.61 Å². The average molecular weight is 235 g/mol. The van der Waals surface area contributed by atoms with Gasteiger partial charge in [0.15, 0.2) is 0 Å². The lowest BCUT2D eigenvalue weighted by atomic mass is 9.96. The van der Waals surface area contributed by atoms with Gasteiger partial charge in [0.2, 0.25) is 0 Å². The molecule has 1 aromatic carbocycles. The topological polar surface area (TPSA) is 21.3 Å². The van der Waals surface area contributed by atoms with Crippen LogP contribution in [0.4, 0.5) is 0 Å². The van der Waals surface area contributed by atoms with Gasteiger partial charge in [-0.2, -0.15) is 0 Å². The van der Waals surface area contributed by atoms with E-state index < -0.39 is 0 Å². The standard InChI is InChI=1S/C15H25NO/c1-13(2)11-14(3)9-10-16-17-12-15-7-5-4-6-8-15/h4-8,13-14,16H,9-12H2,1-3H3. The molecule has 2 heteroatoms. The van der Waals surface area contributed by atoms with Crippen molar-refractivity contribution in [3.05, 3.63) is 35.9 Å². The number of hydroxylamine groups is 1. The minimum Gasteiger partial charge on any atom is -0.297 e. The van der Waals surface area contributed by atoms with E-state index in [9.17, 15) is 0 Å². The molecule has 0 radical (unpaired) electrons. The van der Waals surface area contributed by atoms with Crippen LogP contribution < -0.4 is 5.48 Å². The lowest BCUT2D eigenvalue weighted by molar-refractivity contribution is 0.0251. The molecule has 96 valence electrons. The smallest absolute Gasteiger partial charge is 0.0933 e. The van der Waals surface area contributed by atoms with Crippen LogP contribution in [-0.2, 0) is 11.4 Å². The molecule has 0 amide bonds. The highest BCUT2D eigenvalue weighted by atomic mass is 16.6. The molecule has 0 aliphatic rings. The Morgan fingerprint density at radius 2 is 1.82 bits per heavy atom. The molecule has 0 saturated carbocycles. The number of hydrogen-bond donors (Lipinski definition) is 1. The Morgan fingerprint density at radius 3 is 2.47 bits per heavy atom. The van der Waals surface area contributed by atoms with Gasteiger partial charge in [-0.25, -0.2) is 5.48 Å². The lowest BCUT2D eigenvalue weighted by Gasteiger charge is -2.14. The van der Waals surface area contributed by atoms with Crippen LogP contribution in [0.25, 0.3) is 0 Å². The highest BCUT2D eigenvalue weighted by molar-refractivity contribution is 5.13. The van der Waals surface area contributed by atoms with Crippen molar-refractivity contribution in [3.63, 3.8) is 0 Å². The SMILES string of the molecule is CC(C)CC(C)CCNOCc1ccccc1. The first-order valence-electron chi connectivity index (χ1n) is 6.57. The second-order valence-corrected chi connectivity index (χ2v) is 5.19. The van der Waals surface area contributed by atoms with Crippen molar-refractivity contribution in [2.45, 2.75) is 40.2 Å². The quantitative estimate of drug-likeness (QED) is 0.547. The van der Waals surface area contributed by atoms with Gasteiger partial charge in [-0.3, -0.25) is 4.84 Å². The molecule has 0 aliphatic heterocycles. The van der Waals surface area contributed by atoms with Crippen LogP contribution in [0.5, 0.6) is 0 Å². The Bertz CT molecular complexity index is 284. The van der Waals surface area contributed by atoms with Crippen LogP contribution in [0.15, 0.2) is 30.3 Å². The average Bonchev–Trinajstić information content (AvgIpc) is 2.29. The predicted octanol–water partition coefficient (Wildman–Crippen LogP) is 3.78. The van der Waals surface area contributed by atoms with E-state index in [0.717, 1.165) is 18.4 Å². The van der Waals surface area contributed by atoms with Gasteiger partial charge < -0.3 is 0 Å². The van der Waals surface area contributed by atoms with E-state index in [0.29, 0.717) is 6.61 Å². The number of hydrogen-bond acceptors (Lipinski definition) is 2. The Labute approximate surface area is 105 Å². The van der Waals surface area contributed by atoms with Crippen LogP contribution in [0.3, 0.4) is 0 Å². The van der Waals surface area contributed by atoms with Crippen molar-refractivity contribution >= 4 is 0 Å². The molecule has 2 nitrogen and oxygen atoms in total. The minimum atomic E-state index is 0.638. The number of rotatable bonds is 8. The van der Waals surface area contributed by atoms with Gasteiger partial charge in [0.25, 0.3) is 0 Å². The van der Waals surface area contributed by atoms with E-state index in [1.165, 1.54) is 18.4 Å². The summed E-state index contributed by atoms with van der Waals surface area (Å²) in [5, 5.41) is 0. The molecule has 0 bridgehead atoms. The summed E-state index contributed by atoms with van der Waals surface area (Å²) in [5.41, 5.74) is 4.24. The molecule has 0 aromatic heterocycles. The monoisotopic (exact) mass is 235 g/mol. The number of nitrogens with one attached hydrogen (secondary N) is 1. The van der Waals surface area contributed by atoms with E-state index in [-0.39, 0.29) is 0 Å². The third kappa shape index (κ3) is 7.14. The summed E-state index contributed by atoms with van der Waals surface area (Å²) in [7, 11) is 0. The molecule has 0 saturated heterocycles. The Kier molecular flexibility index (Phi) is 6.90. The maximum absolute atomic E-state index is 5.43. The first-order chi connectivity index (χ1) is 8.18. The predicted molar refractivity (Wildman–Crippen MR) is 72.5 cm³/mol. The van der Waals surface area contributed by atoms with E-state index >= 15 is 0 Å². The first-order valence-corrected chi connectivity index (χ1v) is 6.57. The van der Waals surface area contributed by atoms with E-state index in [1.54, 1.807) is 0 Å². The minimum absolute atomic E-state index is 0.638. The van der Waals surface area contributed by atoms with Gasteiger partial charge in [0, 0.05) is 6.54 Å². The molecule has 17 heavy (non-hydrogen) atoms. The summed E-state index contributed by atoms with van der Waals surface area (Å²) in [5.74, 6) is 1.55. The molecule has 1 aromatic rings. The molecular formula is C15H25NO. The van der Waals surface area contributed by atoms with Crippen molar-refractivity contribution in [3.8, 4) is 0 Å². The van der Waals surface area contributed by atoms with Crippen LogP contribution in [0.1, 0.15) is 39.2 Å². The highest BCUT2D eigenvalue weighted by Gasteiger charge is 2.04. The fraction of sp³-hybridized carbons (Fsp3) is 0.600. The Balaban J connectivity index is 2.01. The van der Waals surface area contributed by atoms with Gasteiger partial charge in [0.1, 0.15) is 0 Å². The van der Waals surface area contributed by atoms with E-state index in [4.69, 9.17) is 4.84 Å². The van der Waals surface area contributed by atoms with E-state index in [1.807, 2.05) is 18.2 Å². The highest BCUT2D eigenvalue weighted by Crippen LogP contribution is 2.13. The number of benzene rings is 1. The zero-order valence-electron chi connectivity index (χ0n) is 11.3. The molecule has 1 atom stereocenters. The maximum Gasteiger partial charge on any atom is 0.0933 e. The van der Waals surface area contributed by atoms with Crippen molar-refractivity contribution in [2.24, 2.45) is 11.8 Å². The largest absolute Gasteiger partial charge is 0.297 e. The van der Waals surface area contributed by atoms with Gasteiger partial charge in [-0.15, -0.1) is 0 Å². The maximum atomic E-state index is 5.43. The molecule has 0 heterocycles. The van der Waals surface area contributed by atoms with Crippen molar-refractivity contribution in [2.75, 3.05) is 6.54 Å². The zero-order chi connectivity index (χ0) is 12.5. The van der Waals surface area contributed by atoms with Crippen molar-refractivity contribution in [1.29, 1.82) is 0 Å². The first kappa shape index (κ1) is 14.2. The van der Waals surface area contributed by atoms with Crippen molar-refractivity contribution in [1.82, 2.24) is 5.48 Å². The summed E-state index contributed by atoms with van der Waals surface area (Å²) in [4.78, 5) is 5.43. The fourth-order valence-corrected chi connectivity index (χ4v) is 2.01. The zero-order valence-corrected chi connectivity index (χ0v) is 11.3. The third-order valence-electron chi connectivity index (χ3n) is 2.80. The summed E-state index contributed by atoms with van der Waals surface area (Å²) >= 11 is 0. The van der Waals surface area contributed by atoms with Gasteiger partial charge >= 0.3 is 0 Å². The molecule has 0 fully saturated rings. The summed E-state index contributed by atoms with van der Waals surface area (Å²) in [6.07, 6.45) is 2.47.